The van der Waals surface area contributed by atoms with Crippen LogP contribution in [0.4, 0.5) is 4.39 Å². The van der Waals surface area contributed by atoms with Crippen LogP contribution in [0.1, 0.15) is 47.8 Å². The van der Waals surface area contributed by atoms with E-state index in [0.717, 1.165) is 28.6 Å². The highest BCUT2D eigenvalue weighted by atomic mass is 31.1. The summed E-state index contributed by atoms with van der Waals surface area (Å²) in [4.78, 5) is 60.4. The highest BCUT2D eigenvalue weighted by molar-refractivity contribution is 7.36. The zero-order valence-corrected chi connectivity index (χ0v) is 26.7. The summed E-state index contributed by atoms with van der Waals surface area (Å²) in [6, 6.07) is 7.78. The molecule has 248 valence electrons. The number of aliphatic hydroxyl groups excluding tert-OH is 1. The Morgan fingerprint density at radius 1 is 1.18 bits per heavy atom. The third kappa shape index (κ3) is 9.17. The maximum absolute atomic E-state index is 16.0. The van der Waals surface area contributed by atoms with Crippen LogP contribution in [0.25, 0.3) is 0 Å². The first-order valence-electron chi connectivity index (χ1n) is 14.0. The highest BCUT2D eigenvalue weighted by Gasteiger charge is 2.55. The quantitative estimate of drug-likeness (QED) is 0.136. The van der Waals surface area contributed by atoms with E-state index < -0.39 is 81.0 Å². The molecule has 0 aliphatic carbocycles. The van der Waals surface area contributed by atoms with Crippen LogP contribution in [0.5, 0.6) is 5.75 Å². The number of aliphatic hydroxyl groups is 1. The molecule has 1 unspecified atom stereocenters. The minimum Gasteiger partial charge on any atom is -0.462 e. The number of ether oxygens (including phenoxy) is 3. The number of benzene rings is 1. The molecule has 0 amide bonds. The van der Waals surface area contributed by atoms with Crippen molar-refractivity contribution >= 4 is 25.8 Å². The largest absolute Gasteiger partial charge is 0.462 e. The summed E-state index contributed by atoms with van der Waals surface area (Å²) in [5.74, 6) is -1.36. The third-order valence-electron chi connectivity index (χ3n) is 6.50. The van der Waals surface area contributed by atoms with E-state index in [1.807, 2.05) is 0 Å². The van der Waals surface area contributed by atoms with E-state index in [9.17, 15) is 28.8 Å². The van der Waals surface area contributed by atoms with Gasteiger partial charge in [0.15, 0.2) is 18.6 Å². The molecule has 1 fully saturated rings. The molecular weight excluding hydrogens is 618 g/mol. The molecule has 1 aliphatic rings. The van der Waals surface area contributed by atoms with Crippen molar-refractivity contribution in [3.05, 3.63) is 63.4 Å². The molecule has 1 aromatic carbocycles. The molecule has 15 nitrogen and oxygen atoms in total. The Kier molecular flexibility index (Phi) is 12.4. The summed E-state index contributed by atoms with van der Waals surface area (Å²) >= 11 is 0. The third-order valence-corrected chi connectivity index (χ3v) is 7.78. The van der Waals surface area contributed by atoms with Gasteiger partial charge in [-0.3, -0.25) is 28.6 Å². The summed E-state index contributed by atoms with van der Waals surface area (Å²) in [5.41, 5.74) is -3.91. The van der Waals surface area contributed by atoms with Gasteiger partial charge < -0.3 is 23.8 Å². The predicted octanol–water partition coefficient (Wildman–Crippen LogP) is 2.02. The zero-order chi connectivity index (χ0) is 33.5. The number of hydrogen-bond donors (Lipinski definition) is 1. The Hall–Kier alpha value is -3.69. The summed E-state index contributed by atoms with van der Waals surface area (Å²) in [7, 11) is -3.31. The van der Waals surface area contributed by atoms with Crippen LogP contribution < -0.4 is 15.8 Å². The lowest BCUT2D eigenvalue weighted by molar-refractivity contribution is -0.183. The van der Waals surface area contributed by atoms with Crippen molar-refractivity contribution in [1.29, 1.82) is 0 Å². The molecular formula is C28H38FN4O11P. The van der Waals surface area contributed by atoms with E-state index in [-0.39, 0.29) is 12.3 Å². The Morgan fingerprint density at radius 2 is 1.84 bits per heavy atom. The lowest BCUT2D eigenvalue weighted by Gasteiger charge is -2.28. The minimum absolute atomic E-state index is 0.223. The van der Waals surface area contributed by atoms with Gasteiger partial charge in [-0.15, -0.1) is 0 Å². The number of hydroxylamine groups is 1. The standard InChI is InChI=1S/C28H38FN4O11P/c1-17(2)30-14-23(35)40-16-32-22(34)12-13-31(27(32)38)26-28(6,29)24(36)21(43-26)15-41-33(19(5)25(37)42-18(3)4)45(39)44-20-10-8-7-9-11-20/h7-13,18-19,21,24,26,36,45H,14-16H2,1-6H3/t19-,21+,24+,26+,28+/m0/s1. The first-order valence-corrected chi connectivity index (χ1v) is 15.3. The fourth-order valence-corrected chi connectivity index (χ4v) is 5.15. The Labute approximate surface area is 259 Å². The van der Waals surface area contributed by atoms with Gasteiger partial charge in [-0.05, 0) is 53.7 Å². The number of para-hydroxylation sites is 1. The van der Waals surface area contributed by atoms with E-state index >= 15 is 4.39 Å². The number of hydrogen-bond acceptors (Lipinski definition) is 12. The van der Waals surface area contributed by atoms with E-state index in [2.05, 4.69) is 4.99 Å². The van der Waals surface area contributed by atoms with Crippen LogP contribution >= 0.6 is 8.18 Å². The van der Waals surface area contributed by atoms with Crippen LogP contribution in [-0.4, -0.2) is 79.9 Å². The number of nitrogens with zero attached hydrogens (tertiary/aromatic N) is 4. The molecule has 0 saturated carbocycles. The van der Waals surface area contributed by atoms with E-state index in [4.69, 9.17) is 23.6 Å². The molecule has 3 rings (SSSR count). The number of carbonyl (C=O) groups is 2. The highest BCUT2D eigenvalue weighted by Crippen LogP contribution is 2.41. The normalized spacial score (nSPS) is 22.6. The summed E-state index contributed by atoms with van der Waals surface area (Å²) < 4.78 is 51.8. The van der Waals surface area contributed by atoms with Crippen LogP contribution in [0.2, 0.25) is 0 Å². The number of esters is 2. The molecule has 1 aliphatic heterocycles. The van der Waals surface area contributed by atoms with Crippen molar-refractivity contribution in [1.82, 2.24) is 14.0 Å². The Balaban J connectivity index is 1.81. The first kappa shape index (κ1) is 35.8. The average molecular weight is 657 g/mol. The molecule has 0 radical (unpaired) electrons. The summed E-state index contributed by atoms with van der Waals surface area (Å²) in [5, 5.41) is 10.8. The predicted molar refractivity (Wildman–Crippen MR) is 159 cm³/mol. The van der Waals surface area contributed by atoms with E-state index in [1.165, 1.54) is 6.92 Å². The van der Waals surface area contributed by atoms with Gasteiger partial charge in [0.25, 0.3) is 5.56 Å². The van der Waals surface area contributed by atoms with E-state index in [0.29, 0.717) is 10.3 Å². The SMILES string of the molecule is CC(C)=NCC(=O)OCn1c(=O)ccn([C@@H]2O[C@H](CON([C@@H](C)C(=O)OC(C)C)[PH](=O)Oc3ccccc3)[C@@H](O)[C@@]2(C)F)c1=O. The fourth-order valence-electron chi connectivity index (χ4n) is 4.12. The molecule has 1 aromatic heterocycles. The van der Waals surface area contributed by atoms with Crippen molar-refractivity contribution in [3.8, 4) is 5.75 Å². The van der Waals surface area contributed by atoms with Crippen LogP contribution in [0.3, 0.4) is 0 Å². The summed E-state index contributed by atoms with van der Waals surface area (Å²) in [6.45, 7) is 7.22. The number of alkyl halides is 1. The summed E-state index contributed by atoms with van der Waals surface area (Å²) in [6.07, 6.45) is -4.62. The van der Waals surface area contributed by atoms with Crippen molar-refractivity contribution in [2.24, 2.45) is 4.99 Å². The monoisotopic (exact) mass is 656 g/mol. The second-order valence-electron chi connectivity index (χ2n) is 10.8. The van der Waals surface area contributed by atoms with Crippen LogP contribution in [-0.2, 0) is 39.9 Å². The molecule has 17 heteroatoms. The van der Waals surface area contributed by atoms with Gasteiger partial charge in [0.05, 0.1) is 12.7 Å². The zero-order valence-electron chi connectivity index (χ0n) is 25.7. The number of halogens is 1. The van der Waals surface area contributed by atoms with Gasteiger partial charge in [-0.25, -0.2) is 18.5 Å². The molecule has 1 N–H and O–H groups in total. The number of carbonyl (C=O) groups excluding carboxylic acids is 2. The molecule has 0 spiro atoms. The van der Waals surface area contributed by atoms with Gasteiger partial charge in [0.2, 0.25) is 0 Å². The first-order chi connectivity index (χ1) is 21.1. The number of aromatic nitrogens is 2. The fraction of sp³-hybridized carbons (Fsp3) is 0.536. The van der Waals surface area contributed by atoms with Gasteiger partial charge in [-0.2, -0.15) is 0 Å². The Morgan fingerprint density at radius 3 is 2.47 bits per heavy atom. The lowest BCUT2D eigenvalue weighted by atomic mass is 9.98. The van der Waals surface area contributed by atoms with Crippen molar-refractivity contribution in [2.45, 2.75) is 84.5 Å². The van der Waals surface area contributed by atoms with Crippen molar-refractivity contribution in [2.75, 3.05) is 13.2 Å². The Bertz CT molecular complexity index is 1510. The molecule has 6 atom stereocenters. The maximum Gasteiger partial charge on any atom is 0.336 e. The molecule has 2 heterocycles. The molecule has 0 bridgehead atoms. The second kappa shape index (κ2) is 15.5. The van der Waals surface area contributed by atoms with Gasteiger partial charge >= 0.3 is 25.8 Å². The molecule has 45 heavy (non-hydrogen) atoms. The number of aliphatic imine (C=N–C) groups is 1. The van der Waals surface area contributed by atoms with Crippen molar-refractivity contribution < 1.29 is 47.2 Å². The van der Waals surface area contributed by atoms with Crippen LogP contribution in [0, 0.1) is 0 Å². The molecule has 2 aromatic rings. The van der Waals surface area contributed by atoms with E-state index in [1.54, 1.807) is 58.0 Å². The van der Waals surface area contributed by atoms with Crippen LogP contribution in [0.15, 0.2) is 57.2 Å². The van der Waals surface area contributed by atoms with Gasteiger partial charge in [-0.1, -0.05) is 23.0 Å². The topological polar surface area (TPSA) is 177 Å². The van der Waals surface area contributed by atoms with Crippen molar-refractivity contribution in [3.63, 3.8) is 0 Å². The smallest absolute Gasteiger partial charge is 0.336 e. The van der Waals surface area contributed by atoms with Gasteiger partial charge in [0, 0.05) is 18.0 Å². The molecule has 1 saturated heterocycles. The van der Waals surface area contributed by atoms with Gasteiger partial charge in [0.1, 0.15) is 30.5 Å². The number of rotatable bonds is 14. The minimum atomic E-state index is -3.31. The maximum atomic E-state index is 16.0. The average Bonchev–Trinajstić information content (AvgIpc) is 3.19. The second-order valence-corrected chi connectivity index (χ2v) is 11.9. The lowest BCUT2D eigenvalue weighted by Crippen LogP contribution is -2.47.